The summed E-state index contributed by atoms with van der Waals surface area (Å²) in [4.78, 5) is 0. The van der Waals surface area contributed by atoms with Gasteiger partial charge in [-0.1, -0.05) is 68.2 Å². The van der Waals surface area contributed by atoms with Crippen LogP contribution in [0.3, 0.4) is 0 Å². The molecule has 0 spiro atoms. The fourth-order valence-corrected chi connectivity index (χ4v) is 9.36. The van der Waals surface area contributed by atoms with Crippen molar-refractivity contribution >= 4 is 99.4 Å². The van der Waals surface area contributed by atoms with Crippen LogP contribution >= 0.6 is 0 Å². The van der Waals surface area contributed by atoms with E-state index < -0.39 is 8.07 Å². The smallest absolute Gasteiger partial charge is 0.0656 e. The lowest BCUT2D eigenvalue weighted by Gasteiger charge is -2.23. The molecule has 0 heterocycles. The molecule has 9 aromatic carbocycles. The molecular weight excluding hydrogens is 521 g/mol. The van der Waals surface area contributed by atoms with Crippen molar-refractivity contribution in [3.8, 4) is 0 Å². The topological polar surface area (TPSA) is 0 Å². The molecule has 0 atom stereocenters. The van der Waals surface area contributed by atoms with Crippen molar-refractivity contribution in [3.63, 3.8) is 0 Å². The van der Waals surface area contributed by atoms with Gasteiger partial charge in [0.25, 0.3) is 0 Å². The summed E-state index contributed by atoms with van der Waals surface area (Å²) in [7, 11) is -1.72. The van der Waals surface area contributed by atoms with Gasteiger partial charge < -0.3 is 0 Å². The van der Waals surface area contributed by atoms with E-state index in [1.807, 2.05) is 0 Å². The van der Waals surface area contributed by atoms with Crippen molar-refractivity contribution in [2.45, 2.75) is 19.6 Å². The van der Waals surface area contributed by atoms with Crippen LogP contribution < -0.4 is 5.19 Å². The zero-order valence-corrected chi connectivity index (χ0v) is 25.1. The average molecular weight is 551 g/mol. The van der Waals surface area contributed by atoms with E-state index in [0.29, 0.717) is 0 Å². The minimum Gasteiger partial charge on any atom is -0.0656 e. The van der Waals surface area contributed by atoms with E-state index >= 15 is 0 Å². The molecule has 9 aromatic rings. The van der Waals surface area contributed by atoms with Gasteiger partial charge in [-0.3, -0.25) is 0 Å². The maximum absolute atomic E-state index is 2.49. The van der Waals surface area contributed by atoms with Gasteiger partial charge in [0.2, 0.25) is 0 Å². The Morgan fingerprint density at radius 2 is 0.524 bits per heavy atom. The van der Waals surface area contributed by atoms with E-state index in [0.717, 1.165) is 0 Å². The third-order valence-electron chi connectivity index (χ3n) is 9.26. The van der Waals surface area contributed by atoms with Crippen LogP contribution in [0, 0.1) is 0 Å². The lowest BCUT2D eigenvalue weighted by molar-refractivity contribution is 1.76. The van der Waals surface area contributed by atoms with Crippen LogP contribution in [0.2, 0.25) is 19.6 Å². The van der Waals surface area contributed by atoms with Gasteiger partial charge in [0.1, 0.15) is 0 Å². The van der Waals surface area contributed by atoms with E-state index in [4.69, 9.17) is 0 Å². The maximum atomic E-state index is 2.49. The van der Waals surface area contributed by atoms with Crippen molar-refractivity contribution < 1.29 is 0 Å². The standard InChI is InChI=1S/C41H30Si/c1-42(2,3)41-39-23-35-18-31-14-27-10-6-4-8-25(27)12-29(31)16-33(35)20-37(39)22-38-21-34-17-30-13-26-9-5-7-11-28(26)15-32(30)19-36(34)24-40(38)41/h4-24H,1-3H3. The highest BCUT2D eigenvalue weighted by atomic mass is 28.3. The highest BCUT2D eigenvalue weighted by Crippen LogP contribution is 2.35. The Hall–Kier alpha value is -4.72. The molecule has 0 saturated heterocycles. The molecule has 198 valence electrons. The maximum Gasteiger partial charge on any atom is 0.0792 e. The molecule has 0 bridgehead atoms. The van der Waals surface area contributed by atoms with Gasteiger partial charge in [-0.15, -0.1) is 0 Å². The number of rotatable bonds is 1. The largest absolute Gasteiger partial charge is 0.0792 e. The molecule has 0 saturated carbocycles. The fourth-order valence-electron chi connectivity index (χ4n) is 7.32. The molecule has 0 radical (unpaired) electrons. The average Bonchev–Trinajstić information content (AvgIpc) is 2.97. The molecule has 9 rings (SSSR count). The molecule has 0 amide bonds. The SMILES string of the molecule is C[Si](C)(C)c1c2cc3cc4cc5ccccc5cc4cc3cc2cc2cc3cc4cc5ccccc5cc4cc3cc12. The second-order valence-corrected chi connectivity index (χ2v) is 18.1. The number of hydrogen-bond acceptors (Lipinski definition) is 0. The third-order valence-corrected chi connectivity index (χ3v) is 11.3. The van der Waals surface area contributed by atoms with Gasteiger partial charge in [0, 0.05) is 0 Å². The summed E-state index contributed by atoms with van der Waals surface area (Å²) in [6, 6.07) is 48.5. The summed E-state index contributed by atoms with van der Waals surface area (Å²) in [6.45, 7) is 7.48. The van der Waals surface area contributed by atoms with Crippen LogP contribution in [0.1, 0.15) is 0 Å². The van der Waals surface area contributed by atoms with Crippen molar-refractivity contribution in [2.75, 3.05) is 0 Å². The molecular formula is C41H30Si. The van der Waals surface area contributed by atoms with Gasteiger partial charge in [-0.2, -0.15) is 0 Å². The Morgan fingerprint density at radius 3 is 0.833 bits per heavy atom. The quantitative estimate of drug-likeness (QED) is 0.141. The molecule has 1 heteroatoms. The monoisotopic (exact) mass is 550 g/mol. The molecule has 0 aliphatic rings. The van der Waals surface area contributed by atoms with E-state index in [1.165, 1.54) is 86.2 Å². The van der Waals surface area contributed by atoms with Crippen molar-refractivity contribution in [2.24, 2.45) is 0 Å². The van der Waals surface area contributed by atoms with Crippen molar-refractivity contribution in [1.29, 1.82) is 0 Å². The van der Waals surface area contributed by atoms with Gasteiger partial charge >= 0.3 is 0 Å². The second kappa shape index (κ2) is 8.41. The molecule has 0 nitrogen and oxygen atoms in total. The molecule has 0 N–H and O–H groups in total. The fraction of sp³-hybridized carbons (Fsp3) is 0.0732. The van der Waals surface area contributed by atoms with Crippen LogP contribution in [0.25, 0.3) is 86.2 Å². The van der Waals surface area contributed by atoms with Gasteiger partial charge in [-0.05, 0) is 170 Å². The molecule has 0 fully saturated rings. The summed E-state index contributed by atoms with van der Waals surface area (Å²) in [5, 5.41) is 22.8. The van der Waals surface area contributed by atoms with E-state index in [2.05, 4.69) is 147 Å². The first kappa shape index (κ1) is 23.9. The van der Waals surface area contributed by atoms with E-state index in [-0.39, 0.29) is 0 Å². The third kappa shape index (κ3) is 3.60. The first-order valence-corrected chi connectivity index (χ1v) is 18.4. The van der Waals surface area contributed by atoms with Crippen LogP contribution in [-0.2, 0) is 0 Å². The summed E-state index contributed by atoms with van der Waals surface area (Å²) in [5.41, 5.74) is 0. The Balaban J connectivity index is 1.36. The van der Waals surface area contributed by atoms with Crippen LogP contribution in [0.5, 0.6) is 0 Å². The highest BCUT2D eigenvalue weighted by molar-refractivity contribution is 6.92. The highest BCUT2D eigenvalue weighted by Gasteiger charge is 2.23. The lowest BCUT2D eigenvalue weighted by atomic mass is 9.94. The van der Waals surface area contributed by atoms with Crippen LogP contribution in [0.15, 0.2) is 127 Å². The Kier molecular flexibility index (Phi) is 4.79. The molecule has 0 unspecified atom stereocenters. The minimum absolute atomic E-state index is 1.30. The molecule has 0 aromatic heterocycles. The molecule has 0 aliphatic heterocycles. The van der Waals surface area contributed by atoms with Gasteiger partial charge in [-0.25, -0.2) is 0 Å². The van der Waals surface area contributed by atoms with Crippen LogP contribution in [0.4, 0.5) is 0 Å². The minimum atomic E-state index is -1.72. The Labute approximate surface area is 245 Å². The zero-order valence-electron chi connectivity index (χ0n) is 24.1. The molecule has 0 aliphatic carbocycles. The Morgan fingerprint density at radius 1 is 0.286 bits per heavy atom. The van der Waals surface area contributed by atoms with E-state index in [9.17, 15) is 0 Å². The summed E-state index contributed by atoms with van der Waals surface area (Å²) >= 11 is 0. The predicted molar refractivity (Wildman–Crippen MR) is 189 cm³/mol. The number of fused-ring (bicyclic) bond motifs is 8. The summed E-state index contributed by atoms with van der Waals surface area (Å²) in [6.07, 6.45) is 0. The Bertz CT molecular complexity index is 2430. The number of benzene rings is 9. The van der Waals surface area contributed by atoms with Gasteiger partial charge in [0.15, 0.2) is 0 Å². The summed E-state index contributed by atoms with van der Waals surface area (Å²) < 4.78 is 0. The van der Waals surface area contributed by atoms with Crippen LogP contribution in [-0.4, -0.2) is 8.07 Å². The first-order chi connectivity index (χ1) is 20.4. The van der Waals surface area contributed by atoms with E-state index in [1.54, 1.807) is 5.19 Å². The van der Waals surface area contributed by atoms with Crippen molar-refractivity contribution in [1.82, 2.24) is 0 Å². The zero-order chi connectivity index (χ0) is 28.2. The predicted octanol–water partition coefficient (Wildman–Crippen LogP) is 11.5. The second-order valence-electron chi connectivity index (χ2n) is 13.1. The lowest BCUT2D eigenvalue weighted by Crippen LogP contribution is -2.38. The van der Waals surface area contributed by atoms with Gasteiger partial charge in [0.05, 0.1) is 8.07 Å². The summed E-state index contributed by atoms with van der Waals surface area (Å²) in [5.74, 6) is 0. The first-order valence-electron chi connectivity index (χ1n) is 14.9. The normalized spacial score (nSPS) is 12.6. The number of hydrogen-bond donors (Lipinski definition) is 0. The van der Waals surface area contributed by atoms with Crippen molar-refractivity contribution in [3.05, 3.63) is 127 Å². The molecule has 42 heavy (non-hydrogen) atoms.